The standard InChI is InChI=1S/C37H40FN3O5/c1-22(2)14-17-40-35(43)36(3)21-45-34-28(36)20-31(41-33(34)23-7-9-26(38)10-8-23)37(4,44)15-13-29(42)25-18-24-6-5-16-39-32(24)30(19-25)46-27-11-12-27/h5-10,16,18-20,22,27,44H,11-15,17,21H2,1-4H3,(H,40,43)/t36-,37-/m0/s1. The predicted molar refractivity (Wildman–Crippen MR) is 173 cm³/mol. The number of hydrogen-bond acceptors (Lipinski definition) is 7. The number of pyridine rings is 2. The minimum Gasteiger partial charge on any atom is -0.489 e. The van der Waals surface area contributed by atoms with Crippen LogP contribution in [0.1, 0.15) is 81.4 Å². The second-order valence-electron chi connectivity index (χ2n) is 13.4. The molecule has 240 valence electrons. The zero-order chi connectivity index (χ0) is 32.6. The summed E-state index contributed by atoms with van der Waals surface area (Å²) in [6.45, 7) is 8.25. The molecule has 0 radical (unpaired) electrons. The van der Waals surface area contributed by atoms with Crippen molar-refractivity contribution >= 4 is 22.6 Å². The van der Waals surface area contributed by atoms with Crippen molar-refractivity contribution in [2.24, 2.45) is 5.92 Å². The Labute approximate surface area is 268 Å². The first-order valence-electron chi connectivity index (χ1n) is 16.0. The fourth-order valence-electron chi connectivity index (χ4n) is 5.72. The number of Topliss-reactive ketones (excluding diaryl/α,β-unsaturated/α-hetero) is 1. The average molecular weight is 626 g/mol. The molecule has 9 heteroatoms. The minimum absolute atomic E-state index is 0.0374. The van der Waals surface area contributed by atoms with Crippen LogP contribution in [0.15, 0.2) is 60.8 Å². The zero-order valence-corrected chi connectivity index (χ0v) is 26.7. The summed E-state index contributed by atoms with van der Waals surface area (Å²) < 4.78 is 26.0. The highest BCUT2D eigenvalue weighted by molar-refractivity contribution is 6.01. The average Bonchev–Trinajstić information content (AvgIpc) is 3.79. The van der Waals surface area contributed by atoms with Crippen LogP contribution in [0.3, 0.4) is 0 Å². The van der Waals surface area contributed by atoms with Gasteiger partial charge in [-0.1, -0.05) is 19.9 Å². The highest BCUT2D eigenvalue weighted by Gasteiger charge is 2.46. The van der Waals surface area contributed by atoms with E-state index in [9.17, 15) is 19.1 Å². The van der Waals surface area contributed by atoms with Crippen molar-refractivity contribution in [3.05, 3.63) is 83.4 Å². The Balaban J connectivity index is 1.30. The van der Waals surface area contributed by atoms with E-state index in [4.69, 9.17) is 14.5 Å². The van der Waals surface area contributed by atoms with E-state index in [2.05, 4.69) is 24.1 Å². The molecule has 2 aromatic heterocycles. The molecular formula is C37H40FN3O5. The zero-order valence-electron chi connectivity index (χ0n) is 26.7. The van der Waals surface area contributed by atoms with Gasteiger partial charge in [-0.2, -0.15) is 0 Å². The molecular weight excluding hydrogens is 585 g/mol. The Morgan fingerprint density at radius 1 is 1.17 bits per heavy atom. The molecule has 0 bridgehead atoms. The molecule has 6 rings (SSSR count). The summed E-state index contributed by atoms with van der Waals surface area (Å²) in [5.74, 6) is 0.723. The van der Waals surface area contributed by atoms with Gasteiger partial charge in [0, 0.05) is 41.2 Å². The number of benzene rings is 2. The van der Waals surface area contributed by atoms with Gasteiger partial charge < -0.3 is 19.9 Å². The fraction of sp³-hybridized carbons (Fsp3) is 0.405. The van der Waals surface area contributed by atoms with Gasteiger partial charge in [-0.05, 0) is 94.0 Å². The van der Waals surface area contributed by atoms with Gasteiger partial charge >= 0.3 is 0 Å². The second-order valence-corrected chi connectivity index (χ2v) is 13.4. The smallest absolute Gasteiger partial charge is 0.234 e. The molecule has 2 aromatic carbocycles. The fourth-order valence-corrected chi connectivity index (χ4v) is 5.72. The number of aliphatic hydroxyl groups is 1. The van der Waals surface area contributed by atoms with Crippen LogP contribution in [-0.2, 0) is 15.8 Å². The number of hydrogen-bond donors (Lipinski definition) is 2. The molecule has 2 atom stereocenters. The van der Waals surface area contributed by atoms with Crippen molar-refractivity contribution in [1.29, 1.82) is 0 Å². The third kappa shape index (κ3) is 6.47. The van der Waals surface area contributed by atoms with Crippen LogP contribution in [0, 0.1) is 11.7 Å². The quantitative estimate of drug-likeness (QED) is 0.169. The molecule has 8 nitrogen and oxygen atoms in total. The Kier molecular flexibility index (Phi) is 8.55. The third-order valence-corrected chi connectivity index (χ3v) is 8.90. The van der Waals surface area contributed by atoms with Crippen LogP contribution in [0.25, 0.3) is 22.2 Å². The van der Waals surface area contributed by atoms with Gasteiger partial charge in [-0.25, -0.2) is 9.37 Å². The van der Waals surface area contributed by atoms with Crippen LogP contribution >= 0.6 is 0 Å². The Hall–Kier alpha value is -4.37. The largest absolute Gasteiger partial charge is 0.489 e. The van der Waals surface area contributed by atoms with Gasteiger partial charge in [0.15, 0.2) is 5.78 Å². The molecule has 1 amide bonds. The lowest BCUT2D eigenvalue weighted by atomic mass is 9.81. The van der Waals surface area contributed by atoms with E-state index < -0.39 is 16.8 Å². The summed E-state index contributed by atoms with van der Waals surface area (Å²) in [4.78, 5) is 36.4. The summed E-state index contributed by atoms with van der Waals surface area (Å²) in [7, 11) is 0. The number of halogens is 1. The SMILES string of the molecule is CC(C)CCNC(=O)[C@@]1(C)COc2c1cc([C@@](C)(O)CCC(=O)c1cc(OC3CC3)c3ncccc3c1)nc2-c1ccc(F)cc1. The number of ketones is 1. The van der Waals surface area contributed by atoms with Crippen LogP contribution in [0.5, 0.6) is 11.5 Å². The summed E-state index contributed by atoms with van der Waals surface area (Å²) in [5, 5.41) is 15.7. The Morgan fingerprint density at radius 3 is 2.65 bits per heavy atom. The monoisotopic (exact) mass is 625 g/mol. The molecule has 3 heterocycles. The molecule has 2 aliphatic rings. The maximum atomic E-state index is 13.9. The number of carbonyl (C=O) groups is 2. The molecule has 1 saturated carbocycles. The van der Waals surface area contributed by atoms with Gasteiger partial charge in [0.25, 0.3) is 0 Å². The number of carbonyl (C=O) groups excluding carboxylic acids is 2. The summed E-state index contributed by atoms with van der Waals surface area (Å²) in [5.41, 5.74) is 0.502. The van der Waals surface area contributed by atoms with Gasteiger partial charge in [-0.15, -0.1) is 0 Å². The van der Waals surface area contributed by atoms with Crippen LogP contribution in [-0.4, -0.2) is 46.0 Å². The Bertz CT molecular complexity index is 1780. The van der Waals surface area contributed by atoms with Gasteiger partial charge in [0.2, 0.25) is 5.91 Å². The third-order valence-electron chi connectivity index (χ3n) is 8.90. The summed E-state index contributed by atoms with van der Waals surface area (Å²) in [6.07, 6.45) is 4.75. The maximum Gasteiger partial charge on any atom is 0.234 e. The molecule has 46 heavy (non-hydrogen) atoms. The normalized spacial score (nSPS) is 18.6. The first-order chi connectivity index (χ1) is 21.9. The summed E-state index contributed by atoms with van der Waals surface area (Å²) in [6, 6.07) is 14.8. The summed E-state index contributed by atoms with van der Waals surface area (Å²) >= 11 is 0. The number of aromatic nitrogens is 2. The van der Waals surface area contributed by atoms with Gasteiger partial charge in [-0.3, -0.25) is 14.6 Å². The van der Waals surface area contributed by atoms with Crippen LogP contribution in [0.2, 0.25) is 0 Å². The van der Waals surface area contributed by atoms with Crippen molar-refractivity contribution in [2.75, 3.05) is 13.2 Å². The van der Waals surface area contributed by atoms with E-state index in [1.165, 1.54) is 12.1 Å². The first kappa shape index (κ1) is 31.6. The number of rotatable bonds is 12. The molecule has 0 saturated heterocycles. The second kappa shape index (κ2) is 12.4. The van der Waals surface area contributed by atoms with Gasteiger partial charge in [0.1, 0.15) is 46.1 Å². The van der Waals surface area contributed by atoms with E-state index in [-0.39, 0.29) is 37.2 Å². The lowest BCUT2D eigenvalue weighted by Crippen LogP contribution is -2.44. The molecule has 2 N–H and O–H groups in total. The molecule has 1 fully saturated rings. The number of ether oxygens (including phenoxy) is 2. The van der Waals surface area contributed by atoms with Crippen molar-refractivity contribution in [3.63, 3.8) is 0 Å². The van der Waals surface area contributed by atoms with Crippen molar-refractivity contribution in [3.8, 4) is 22.8 Å². The highest BCUT2D eigenvalue weighted by atomic mass is 19.1. The lowest BCUT2D eigenvalue weighted by molar-refractivity contribution is -0.126. The van der Waals surface area contributed by atoms with E-state index in [0.717, 1.165) is 24.6 Å². The van der Waals surface area contributed by atoms with E-state index in [0.29, 0.717) is 57.6 Å². The predicted octanol–water partition coefficient (Wildman–Crippen LogP) is 6.66. The number of nitrogens with zero attached hydrogens (tertiary/aromatic N) is 2. The number of nitrogens with one attached hydrogen (secondary N) is 1. The molecule has 0 spiro atoms. The van der Waals surface area contributed by atoms with Gasteiger partial charge in [0.05, 0.1) is 11.8 Å². The Morgan fingerprint density at radius 2 is 1.93 bits per heavy atom. The number of amides is 1. The van der Waals surface area contributed by atoms with Crippen molar-refractivity contribution < 1.29 is 28.6 Å². The molecule has 0 unspecified atom stereocenters. The van der Waals surface area contributed by atoms with Crippen molar-refractivity contribution in [1.82, 2.24) is 15.3 Å². The highest BCUT2D eigenvalue weighted by Crippen LogP contribution is 2.46. The molecule has 1 aliphatic carbocycles. The maximum absolute atomic E-state index is 13.9. The molecule has 4 aromatic rings. The lowest BCUT2D eigenvalue weighted by Gasteiger charge is -2.27. The van der Waals surface area contributed by atoms with Crippen LogP contribution < -0.4 is 14.8 Å². The topological polar surface area (TPSA) is 111 Å². The van der Waals surface area contributed by atoms with Crippen molar-refractivity contribution in [2.45, 2.75) is 76.9 Å². The van der Waals surface area contributed by atoms with E-state index in [1.807, 2.05) is 19.1 Å². The molecule has 1 aliphatic heterocycles. The number of fused-ring (bicyclic) bond motifs is 2. The van der Waals surface area contributed by atoms with E-state index >= 15 is 0 Å². The minimum atomic E-state index is -1.54. The van der Waals surface area contributed by atoms with Crippen LogP contribution in [0.4, 0.5) is 4.39 Å². The first-order valence-corrected chi connectivity index (χ1v) is 16.0. The van der Waals surface area contributed by atoms with E-state index in [1.54, 1.807) is 43.5 Å².